The number of rotatable bonds is 5. The largest absolute Gasteiger partial charge is 0.478 e. The molecule has 0 spiro atoms. The van der Waals surface area contributed by atoms with Crippen molar-refractivity contribution < 1.29 is 19.5 Å². The van der Waals surface area contributed by atoms with Crippen LogP contribution < -0.4 is 16.8 Å². The van der Waals surface area contributed by atoms with E-state index < -0.39 is 12.0 Å². The van der Waals surface area contributed by atoms with Gasteiger partial charge in [-0.05, 0) is 43.7 Å². The van der Waals surface area contributed by atoms with Crippen molar-refractivity contribution in [2.24, 2.45) is 11.7 Å². The summed E-state index contributed by atoms with van der Waals surface area (Å²) in [5.41, 5.74) is 12.4. The highest BCUT2D eigenvalue weighted by Gasteiger charge is 2.33. The number of nitrogens with zero attached hydrogens (tertiary/aromatic N) is 3. The molecule has 1 aromatic carbocycles. The minimum atomic E-state index is -0.879. The van der Waals surface area contributed by atoms with Gasteiger partial charge in [0.15, 0.2) is 11.5 Å². The van der Waals surface area contributed by atoms with Gasteiger partial charge in [0.05, 0.1) is 17.5 Å². The first-order chi connectivity index (χ1) is 16.4. The van der Waals surface area contributed by atoms with Crippen molar-refractivity contribution in [2.75, 3.05) is 23.9 Å². The van der Waals surface area contributed by atoms with Gasteiger partial charge in [0.1, 0.15) is 0 Å². The van der Waals surface area contributed by atoms with Crippen molar-refractivity contribution in [3.8, 4) is 0 Å². The Morgan fingerprint density at radius 3 is 2.32 bits per heavy atom. The molecule has 2 aliphatic rings. The van der Waals surface area contributed by atoms with Gasteiger partial charge in [-0.3, -0.25) is 9.59 Å². The topological polar surface area (TPSA) is 165 Å². The van der Waals surface area contributed by atoms with Gasteiger partial charge in [0.2, 0.25) is 5.91 Å². The smallest absolute Gasteiger partial charge is 0.335 e. The molecule has 4 rings (SSSR count). The molecule has 1 aliphatic heterocycles. The van der Waals surface area contributed by atoms with E-state index >= 15 is 0 Å². The molecule has 182 valence electrons. The van der Waals surface area contributed by atoms with Crippen LogP contribution in [0.4, 0.5) is 5.82 Å². The third-order valence-corrected chi connectivity index (χ3v) is 6.89. The van der Waals surface area contributed by atoms with Gasteiger partial charge >= 0.3 is 5.97 Å². The number of nitrogen functional groups attached to an aromatic ring is 1. The number of aromatic carboxylic acids is 1. The highest BCUT2D eigenvalue weighted by atomic mass is 32.2. The van der Waals surface area contributed by atoms with Crippen LogP contribution in [-0.2, 0) is 4.79 Å². The van der Waals surface area contributed by atoms with Crippen molar-refractivity contribution in [1.82, 2.24) is 20.2 Å². The number of aromatic nitrogens is 2. The summed E-state index contributed by atoms with van der Waals surface area (Å²) < 4.78 is 0. The molecule has 1 aromatic heterocycles. The van der Waals surface area contributed by atoms with Crippen LogP contribution in [0.25, 0.3) is 0 Å². The molecule has 1 atom stereocenters. The van der Waals surface area contributed by atoms with Crippen LogP contribution >= 0.6 is 11.8 Å². The van der Waals surface area contributed by atoms with Crippen LogP contribution in [0.1, 0.15) is 46.5 Å². The molecule has 0 bridgehead atoms. The van der Waals surface area contributed by atoms with E-state index in [-0.39, 0.29) is 35.3 Å². The van der Waals surface area contributed by atoms with Crippen molar-refractivity contribution in [3.05, 3.63) is 54.0 Å². The lowest BCUT2D eigenvalue weighted by atomic mass is 9.81. The van der Waals surface area contributed by atoms with Crippen LogP contribution in [0.5, 0.6) is 0 Å². The Hall–Kier alpha value is -3.18. The predicted molar refractivity (Wildman–Crippen MR) is 130 cm³/mol. The summed E-state index contributed by atoms with van der Waals surface area (Å²) in [6, 6.07) is 7.91. The lowest BCUT2D eigenvalue weighted by Gasteiger charge is -2.33. The van der Waals surface area contributed by atoms with E-state index in [2.05, 4.69) is 15.3 Å². The highest BCUT2D eigenvalue weighted by Crippen LogP contribution is 2.28. The average molecular weight is 487 g/mol. The van der Waals surface area contributed by atoms with Crippen LogP contribution in [0.2, 0.25) is 0 Å². The number of carbonyl (C=O) groups is 3. The Balaban J connectivity index is 0.000000302. The van der Waals surface area contributed by atoms with E-state index in [4.69, 9.17) is 16.6 Å². The van der Waals surface area contributed by atoms with Gasteiger partial charge in [0.25, 0.3) is 5.91 Å². The van der Waals surface area contributed by atoms with E-state index in [1.165, 1.54) is 12.4 Å². The van der Waals surface area contributed by atoms with Gasteiger partial charge in [-0.25, -0.2) is 14.8 Å². The number of carboxylic acid groups (broad SMARTS) is 1. The lowest BCUT2D eigenvalue weighted by Crippen LogP contribution is -2.49. The summed E-state index contributed by atoms with van der Waals surface area (Å²) >= 11 is 1.76. The number of amides is 2. The number of nitrogens with two attached hydrogens (primary N) is 2. The van der Waals surface area contributed by atoms with Gasteiger partial charge < -0.3 is 26.8 Å². The number of hydrogen-bond acceptors (Lipinski definition) is 8. The maximum atomic E-state index is 12.4. The number of nitrogens with one attached hydrogen (secondary N) is 1. The van der Waals surface area contributed by atoms with Crippen molar-refractivity contribution in [3.63, 3.8) is 0 Å². The molecule has 1 saturated heterocycles. The van der Waals surface area contributed by atoms with Crippen LogP contribution in [-0.4, -0.2) is 68.0 Å². The first-order valence-electron chi connectivity index (χ1n) is 11.1. The molecule has 0 unspecified atom stereocenters. The molecule has 10 nitrogen and oxygen atoms in total. The maximum absolute atomic E-state index is 12.4. The number of carbonyl (C=O) groups excluding carboxylic acids is 2. The van der Waals surface area contributed by atoms with Crippen LogP contribution in [0.3, 0.4) is 0 Å². The minimum absolute atomic E-state index is 0.0507. The summed E-state index contributed by atoms with van der Waals surface area (Å²) in [7, 11) is 0. The van der Waals surface area contributed by atoms with Crippen LogP contribution in [0, 0.1) is 5.92 Å². The van der Waals surface area contributed by atoms with Gasteiger partial charge in [-0.1, -0.05) is 18.2 Å². The quantitative estimate of drug-likeness (QED) is 0.491. The molecule has 11 heteroatoms. The molecule has 1 aliphatic carbocycles. The van der Waals surface area contributed by atoms with Crippen molar-refractivity contribution >= 4 is 35.4 Å². The molecule has 2 fully saturated rings. The zero-order valence-corrected chi connectivity index (χ0v) is 19.6. The summed E-state index contributed by atoms with van der Waals surface area (Å²) in [4.78, 5) is 44.6. The summed E-state index contributed by atoms with van der Waals surface area (Å²) in [5, 5.41) is 11.3. The number of anilines is 1. The standard InChI is InChI=1S/C16H24N6O2S.C7H6O2/c17-12(16(24)22-7-8-25-9-22)10-1-3-11(4-2-10)21-15(23)13-14(18)20-6-5-19-13;8-7(9)6-4-2-1-3-5-6/h5-6,10-12H,1-4,7-9,17H2,(H2,18,20)(H,21,23);1-5H,(H,8,9)/t10?,11?,12-;/m0./s1. The van der Waals surface area contributed by atoms with E-state index in [0.29, 0.717) is 5.56 Å². The monoisotopic (exact) mass is 486 g/mol. The SMILES string of the molecule is Nc1nccnc1C(=O)NC1CCC([C@H](N)C(=O)N2CCSC2)CC1.O=C(O)c1ccccc1. The Morgan fingerprint density at radius 2 is 1.76 bits per heavy atom. The zero-order chi connectivity index (χ0) is 24.5. The molecule has 2 heterocycles. The third-order valence-electron chi connectivity index (χ3n) is 5.93. The number of hydrogen-bond donors (Lipinski definition) is 4. The normalized spacial score (nSPS) is 20.6. The van der Waals surface area contributed by atoms with Crippen molar-refractivity contribution in [1.29, 1.82) is 0 Å². The van der Waals surface area contributed by atoms with Gasteiger partial charge in [-0.15, -0.1) is 11.8 Å². The molecule has 1 saturated carbocycles. The third kappa shape index (κ3) is 6.91. The highest BCUT2D eigenvalue weighted by molar-refractivity contribution is 7.99. The van der Waals surface area contributed by atoms with E-state index in [1.807, 2.05) is 4.90 Å². The van der Waals surface area contributed by atoms with Crippen molar-refractivity contribution in [2.45, 2.75) is 37.8 Å². The average Bonchev–Trinajstić information content (AvgIpc) is 3.40. The lowest BCUT2D eigenvalue weighted by molar-refractivity contribution is -0.132. The first-order valence-corrected chi connectivity index (χ1v) is 12.3. The Bertz CT molecular complexity index is 978. The summed E-state index contributed by atoms with van der Waals surface area (Å²) in [6.45, 7) is 0.794. The fraction of sp³-hybridized carbons (Fsp3) is 0.435. The summed E-state index contributed by atoms with van der Waals surface area (Å²) in [5.74, 6) is 0.918. The molecular weight excluding hydrogens is 456 g/mol. The molecule has 34 heavy (non-hydrogen) atoms. The minimum Gasteiger partial charge on any atom is -0.478 e. The number of carboxylic acids is 1. The molecule has 2 amide bonds. The summed E-state index contributed by atoms with van der Waals surface area (Å²) in [6.07, 6.45) is 6.15. The second-order valence-corrected chi connectivity index (χ2v) is 9.29. The maximum Gasteiger partial charge on any atom is 0.335 e. The van der Waals surface area contributed by atoms with Gasteiger partial charge in [-0.2, -0.15) is 0 Å². The zero-order valence-electron chi connectivity index (χ0n) is 18.8. The molecule has 2 aromatic rings. The Labute approximate surface area is 202 Å². The fourth-order valence-corrected chi connectivity index (χ4v) is 4.94. The fourth-order valence-electron chi connectivity index (χ4n) is 3.98. The van der Waals surface area contributed by atoms with E-state index in [9.17, 15) is 14.4 Å². The Kier molecular flexibility index (Phi) is 9.23. The Morgan fingerprint density at radius 1 is 1.09 bits per heavy atom. The van der Waals surface area contributed by atoms with E-state index in [0.717, 1.165) is 43.9 Å². The second-order valence-electron chi connectivity index (χ2n) is 8.21. The molecule has 0 radical (unpaired) electrons. The molecule has 6 N–H and O–H groups in total. The van der Waals surface area contributed by atoms with Gasteiger partial charge in [0, 0.05) is 30.7 Å². The van der Waals surface area contributed by atoms with Crippen LogP contribution in [0.15, 0.2) is 42.7 Å². The number of thioether (sulfide) groups is 1. The second kappa shape index (κ2) is 12.3. The number of benzene rings is 1. The van der Waals surface area contributed by atoms with E-state index in [1.54, 1.807) is 42.1 Å². The predicted octanol–water partition coefficient (Wildman–Crippen LogP) is 1.59. The molecular formula is C23H30N6O4S. The first kappa shape index (κ1) is 25.4.